The van der Waals surface area contributed by atoms with E-state index in [1.807, 2.05) is 35.7 Å². The van der Waals surface area contributed by atoms with Gasteiger partial charge >= 0.3 is 0 Å². The van der Waals surface area contributed by atoms with Crippen molar-refractivity contribution in [2.45, 2.75) is 32.2 Å². The number of aryl methyl sites for hydroxylation is 1. The Balaban J connectivity index is 1.45. The number of carbonyl (C=O) groups excluding carboxylic acids is 2. The zero-order valence-electron chi connectivity index (χ0n) is 19.3. The van der Waals surface area contributed by atoms with Crippen molar-refractivity contribution < 1.29 is 9.59 Å². The molecule has 1 aromatic heterocycles. The van der Waals surface area contributed by atoms with E-state index in [2.05, 4.69) is 46.8 Å². The summed E-state index contributed by atoms with van der Waals surface area (Å²) < 4.78 is 0. The van der Waals surface area contributed by atoms with Crippen LogP contribution in [0.5, 0.6) is 0 Å². The molecule has 2 N–H and O–H groups in total. The van der Waals surface area contributed by atoms with Crippen LogP contribution in [-0.2, 0) is 11.2 Å². The SMILES string of the molecule is CCCc1ccc(-c2csc(NC(=O)CC(NC(=O)c3ccccc3Cl)c3ccccc3)n2)cc1. The van der Waals surface area contributed by atoms with Crippen LogP contribution < -0.4 is 10.6 Å². The van der Waals surface area contributed by atoms with Crippen molar-refractivity contribution in [1.82, 2.24) is 10.3 Å². The molecule has 0 aliphatic carbocycles. The molecule has 0 radical (unpaired) electrons. The maximum absolute atomic E-state index is 12.9. The van der Waals surface area contributed by atoms with E-state index in [9.17, 15) is 9.59 Å². The molecule has 0 spiro atoms. The molecule has 1 atom stereocenters. The first-order chi connectivity index (χ1) is 17.0. The summed E-state index contributed by atoms with van der Waals surface area (Å²) in [5.74, 6) is -0.571. The van der Waals surface area contributed by atoms with Crippen LogP contribution in [0.2, 0.25) is 5.02 Å². The van der Waals surface area contributed by atoms with Gasteiger partial charge in [-0.05, 0) is 29.7 Å². The molecule has 35 heavy (non-hydrogen) atoms. The van der Waals surface area contributed by atoms with Crippen LogP contribution in [0.1, 0.15) is 47.3 Å². The summed E-state index contributed by atoms with van der Waals surface area (Å²) in [6.07, 6.45) is 2.21. The number of nitrogens with one attached hydrogen (secondary N) is 2. The van der Waals surface area contributed by atoms with Gasteiger partial charge in [-0.2, -0.15) is 0 Å². The molecule has 0 aliphatic heterocycles. The van der Waals surface area contributed by atoms with E-state index in [1.54, 1.807) is 24.3 Å². The van der Waals surface area contributed by atoms with Crippen molar-refractivity contribution in [2.24, 2.45) is 0 Å². The molecular formula is C28H26ClN3O2S. The normalized spacial score (nSPS) is 11.6. The van der Waals surface area contributed by atoms with Crippen LogP contribution in [0.25, 0.3) is 11.3 Å². The highest BCUT2D eigenvalue weighted by Crippen LogP contribution is 2.26. The Morgan fingerprint density at radius 3 is 2.40 bits per heavy atom. The number of hydrogen-bond acceptors (Lipinski definition) is 4. The Labute approximate surface area is 214 Å². The van der Waals surface area contributed by atoms with Gasteiger partial charge in [0.05, 0.1) is 28.7 Å². The molecule has 4 aromatic rings. The minimum atomic E-state index is -0.523. The minimum Gasteiger partial charge on any atom is -0.345 e. The number of benzene rings is 3. The molecule has 2 amide bonds. The first kappa shape index (κ1) is 24.6. The van der Waals surface area contributed by atoms with Gasteiger partial charge in [0.2, 0.25) is 5.91 Å². The summed E-state index contributed by atoms with van der Waals surface area (Å²) >= 11 is 7.57. The lowest BCUT2D eigenvalue weighted by Crippen LogP contribution is -2.31. The first-order valence-electron chi connectivity index (χ1n) is 11.5. The predicted molar refractivity (Wildman–Crippen MR) is 143 cm³/mol. The minimum absolute atomic E-state index is 0.0564. The second-order valence-corrected chi connectivity index (χ2v) is 9.42. The fraction of sp³-hybridized carbons (Fsp3) is 0.179. The molecule has 178 valence electrons. The summed E-state index contributed by atoms with van der Waals surface area (Å²) in [5, 5.41) is 8.64. The fourth-order valence-corrected chi connectivity index (χ4v) is 4.73. The monoisotopic (exact) mass is 503 g/mol. The largest absolute Gasteiger partial charge is 0.345 e. The van der Waals surface area contributed by atoms with Crippen LogP contribution in [0, 0.1) is 0 Å². The third-order valence-electron chi connectivity index (χ3n) is 5.55. The van der Waals surface area contributed by atoms with Gasteiger partial charge in [-0.15, -0.1) is 11.3 Å². The Morgan fingerprint density at radius 2 is 1.69 bits per heavy atom. The molecular weight excluding hydrogens is 478 g/mol. The molecule has 7 heteroatoms. The molecule has 3 aromatic carbocycles. The van der Waals surface area contributed by atoms with Gasteiger partial charge < -0.3 is 10.6 Å². The van der Waals surface area contributed by atoms with Crippen LogP contribution in [-0.4, -0.2) is 16.8 Å². The number of carbonyl (C=O) groups is 2. The van der Waals surface area contributed by atoms with E-state index in [1.165, 1.54) is 16.9 Å². The number of halogens is 1. The zero-order chi connectivity index (χ0) is 24.6. The summed E-state index contributed by atoms with van der Waals surface area (Å²) in [5.41, 5.74) is 4.32. The second-order valence-electron chi connectivity index (χ2n) is 8.15. The standard InChI is InChI=1S/C28H26ClN3O2S/c1-2-8-19-13-15-21(16-14-19)25-18-35-28(31-25)32-26(33)17-24(20-9-4-3-5-10-20)30-27(34)22-11-6-7-12-23(22)29/h3-7,9-16,18,24H,2,8,17H2,1H3,(H,30,34)(H,31,32,33). The quantitative estimate of drug-likeness (QED) is 0.260. The van der Waals surface area contributed by atoms with Crippen molar-refractivity contribution in [3.8, 4) is 11.3 Å². The number of nitrogens with zero attached hydrogens (tertiary/aromatic N) is 1. The van der Waals surface area contributed by atoms with Crippen molar-refractivity contribution >= 4 is 39.9 Å². The zero-order valence-corrected chi connectivity index (χ0v) is 20.9. The number of anilines is 1. The Morgan fingerprint density at radius 1 is 0.971 bits per heavy atom. The number of aromatic nitrogens is 1. The maximum Gasteiger partial charge on any atom is 0.253 e. The van der Waals surface area contributed by atoms with E-state index < -0.39 is 6.04 Å². The lowest BCUT2D eigenvalue weighted by atomic mass is 10.0. The van der Waals surface area contributed by atoms with Gasteiger partial charge in [-0.25, -0.2) is 4.98 Å². The molecule has 0 saturated carbocycles. The fourth-order valence-electron chi connectivity index (χ4n) is 3.77. The number of rotatable bonds is 9. The molecule has 0 saturated heterocycles. The van der Waals surface area contributed by atoms with Gasteiger partial charge in [0, 0.05) is 10.9 Å². The van der Waals surface area contributed by atoms with Gasteiger partial charge in [0.1, 0.15) is 0 Å². The average Bonchev–Trinajstić information content (AvgIpc) is 3.33. The van der Waals surface area contributed by atoms with Gasteiger partial charge in [-0.3, -0.25) is 9.59 Å². The third kappa shape index (κ3) is 6.56. The average molecular weight is 504 g/mol. The Bertz CT molecular complexity index is 1290. The smallest absolute Gasteiger partial charge is 0.253 e. The Kier molecular flexibility index (Phi) is 8.29. The van der Waals surface area contributed by atoms with Crippen LogP contribution in [0.3, 0.4) is 0 Å². The van der Waals surface area contributed by atoms with E-state index >= 15 is 0 Å². The lowest BCUT2D eigenvalue weighted by Gasteiger charge is -2.19. The van der Waals surface area contributed by atoms with Crippen molar-refractivity contribution in [2.75, 3.05) is 5.32 Å². The number of thiazole rings is 1. The summed E-state index contributed by atoms with van der Waals surface area (Å²) in [6, 6.07) is 24.1. The molecule has 0 aliphatic rings. The van der Waals surface area contributed by atoms with Gasteiger partial charge in [0.25, 0.3) is 5.91 Å². The third-order valence-corrected chi connectivity index (χ3v) is 6.64. The summed E-state index contributed by atoms with van der Waals surface area (Å²) in [6.45, 7) is 2.16. The summed E-state index contributed by atoms with van der Waals surface area (Å²) in [4.78, 5) is 30.4. The van der Waals surface area contributed by atoms with Crippen LogP contribution in [0.4, 0.5) is 5.13 Å². The van der Waals surface area contributed by atoms with Crippen LogP contribution >= 0.6 is 22.9 Å². The van der Waals surface area contributed by atoms with Crippen LogP contribution in [0.15, 0.2) is 84.2 Å². The van der Waals surface area contributed by atoms with Gasteiger partial charge in [-0.1, -0.05) is 91.7 Å². The number of amides is 2. The van der Waals surface area contributed by atoms with Crippen molar-refractivity contribution in [1.29, 1.82) is 0 Å². The first-order valence-corrected chi connectivity index (χ1v) is 12.7. The topological polar surface area (TPSA) is 71.1 Å². The van der Waals surface area contributed by atoms with Gasteiger partial charge in [0.15, 0.2) is 5.13 Å². The highest BCUT2D eigenvalue weighted by molar-refractivity contribution is 7.14. The molecule has 4 rings (SSSR count). The number of hydrogen-bond donors (Lipinski definition) is 2. The lowest BCUT2D eigenvalue weighted by molar-refractivity contribution is -0.116. The predicted octanol–water partition coefficient (Wildman–Crippen LogP) is 6.92. The van der Waals surface area contributed by atoms with E-state index in [0.29, 0.717) is 15.7 Å². The molecule has 0 bridgehead atoms. The van der Waals surface area contributed by atoms with Crippen molar-refractivity contribution in [3.05, 3.63) is 106 Å². The molecule has 0 fully saturated rings. The van der Waals surface area contributed by atoms with E-state index in [0.717, 1.165) is 29.7 Å². The van der Waals surface area contributed by atoms with Crippen molar-refractivity contribution in [3.63, 3.8) is 0 Å². The molecule has 1 heterocycles. The van der Waals surface area contributed by atoms with E-state index in [-0.39, 0.29) is 18.2 Å². The van der Waals surface area contributed by atoms with E-state index in [4.69, 9.17) is 11.6 Å². The Hall–Kier alpha value is -3.48. The highest BCUT2D eigenvalue weighted by Gasteiger charge is 2.21. The molecule has 5 nitrogen and oxygen atoms in total. The maximum atomic E-state index is 12.9. The second kappa shape index (κ2) is 11.8. The summed E-state index contributed by atoms with van der Waals surface area (Å²) in [7, 11) is 0. The molecule has 1 unspecified atom stereocenters. The highest BCUT2D eigenvalue weighted by atomic mass is 35.5.